The number of thiazole rings is 1. The van der Waals surface area contributed by atoms with Gasteiger partial charge in [0.15, 0.2) is 5.13 Å². The molecular weight excluding hydrogens is 362 g/mol. The van der Waals surface area contributed by atoms with Crippen molar-refractivity contribution in [2.45, 2.75) is 27.7 Å². The van der Waals surface area contributed by atoms with E-state index in [-0.39, 0.29) is 11.8 Å². The fraction of sp³-hybridized carbons (Fsp3) is 0.200. The van der Waals surface area contributed by atoms with Crippen LogP contribution in [0.2, 0.25) is 0 Å². The van der Waals surface area contributed by atoms with Crippen molar-refractivity contribution in [2.75, 3.05) is 5.32 Å². The number of nitrogens with zero attached hydrogens (tertiary/aromatic N) is 2. The van der Waals surface area contributed by atoms with Gasteiger partial charge in [-0.15, -0.1) is 0 Å². The van der Waals surface area contributed by atoms with Gasteiger partial charge in [-0.2, -0.15) is 0 Å². The van der Waals surface area contributed by atoms with Crippen LogP contribution in [0.15, 0.2) is 36.5 Å². The molecule has 0 saturated carbocycles. The van der Waals surface area contributed by atoms with Gasteiger partial charge in [0.05, 0.1) is 10.6 Å². The van der Waals surface area contributed by atoms with Gasteiger partial charge in [-0.1, -0.05) is 28.5 Å². The molecule has 0 spiro atoms. The van der Waals surface area contributed by atoms with E-state index < -0.39 is 5.97 Å². The van der Waals surface area contributed by atoms with Gasteiger partial charge in [-0.05, 0) is 32.0 Å². The zero-order valence-corrected chi connectivity index (χ0v) is 16.3. The van der Waals surface area contributed by atoms with Crippen LogP contribution in [0.3, 0.4) is 0 Å². The summed E-state index contributed by atoms with van der Waals surface area (Å²) < 4.78 is 5.10. The quantitative estimate of drug-likeness (QED) is 0.679. The molecule has 0 unspecified atom stereocenters. The van der Waals surface area contributed by atoms with Gasteiger partial charge in [0.25, 0.3) is 0 Å². The normalized spacial score (nSPS) is 10.5. The van der Waals surface area contributed by atoms with E-state index in [1.165, 1.54) is 25.2 Å². The van der Waals surface area contributed by atoms with E-state index in [1.54, 1.807) is 12.3 Å². The average molecular weight is 381 g/mol. The third-order valence-corrected chi connectivity index (χ3v) is 4.67. The molecule has 3 rings (SSSR count). The topological polar surface area (TPSA) is 81.2 Å². The minimum atomic E-state index is -0.433. The number of ether oxygens (including phenoxy) is 1. The molecule has 0 saturated heterocycles. The van der Waals surface area contributed by atoms with Crippen LogP contribution in [0.1, 0.15) is 25.0 Å². The van der Waals surface area contributed by atoms with Crippen LogP contribution in [-0.2, 0) is 9.59 Å². The highest BCUT2D eigenvalue weighted by molar-refractivity contribution is 7.19. The lowest BCUT2D eigenvalue weighted by Crippen LogP contribution is -2.04. The molecule has 1 N–H and O–H groups in total. The van der Waals surface area contributed by atoms with Crippen molar-refractivity contribution in [3.63, 3.8) is 0 Å². The Balaban J connectivity index is 2.14. The molecule has 3 aromatic rings. The van der Waals surface area contributed by atoms with Gasteiger partial charge in [0, 0.05) is 37.2 Å². The minimum absolute atomic E-state index is 0.183. The Bertz CT molecular complexity index is 1010. The SMILES string of the molecule is CC(=O)Nc1nc(-c2cc(C)cc(C)c2)c(-c2ccnc(OC(C)=O)c2)s1. The Labute approximate surface area is 161 Å². The molecule has 0 aliphatic rings. The maximum absolute atomic E-state index is 11.5. The van der Waals surface area contributed by atoms with Crippen molar-refractivity contribution in [3.8, 4) is 27.6 Å². The number of aryl methyl sites for hydroxylation is 2. The largest absolute Gasteiger partial charge is 0.408 e. The second-order valence-electron chi connectivity index (χ2n) is 6.23. The Hall–Kier alpha value is -3.06. The van der Waals surface area contributed by atoms with Crippen LogP contribution in [0.5, 0.6) is 5.88 Å². The summed E-state index contributed by atoms with van der Waals surface area (Å²) in [5, 5.41) is 3.26. The molecule has 0 fully saturated rings. The Morgan fingerprint density at radius 2 is 1.74 bits per heavy atom. The molecule has 2 aromatic heterocycles. The van der Waals surface area contributed by atoms with Crippen molar-refractivity contribution >= 4 is 28.3 Å². The number of esters is 1. The van der Waals surface area contributed by atoms with Crippen molar-refractivity contribution in [1.29, 1.82) is 0 Å². The summed E-state index contributed by atoms with van der Waals surface area (Å²) in [5.74, 6) is -0.393. The minimum Gasteiger partial charge on any atom is -0.408 e. The lowest BCUT2D eigenvalue weighted by Gasteiger charge is -2.07. The van der Waals surface area contributed by atoms with Crippen LogP contribution < -0.4 is 10.1 Å². The van der Waals surface area contributed by atoms with Gasteiger partial charge in [-0.3, -0.25) is 9.59 Å². The number of carbonyl (C=O) groups excluding carboxylic acids is 2. The predicted molar refractivity (Wildman–Crippen MR) is 106 cm³/mol. The highest BCUT2D eigenvalue weighted by Gasteiger charge is 2.17. The number of aromatic nitrogens is 2. The number of hydrogen-bond donors (Lipinski definition) is 1. The van der Waals surface area contributed by atoms with Gasteiger partial charge in [0.1, 0.15) is 0 Å². The predicted octanol–water partition coefficient (Wildman–Crippen LogP) is 4.37. The molecule has 0 bridgehead atoms. The van der Waals surface area contributed by atoms with Gasteiger partial charge in [-0.25, -0.2) is 9.97 Å². The molecule has 27 heavy (non-hydrogen) atoms. The molecule has 1 amide bonds. The maximum atomic E-state index is 11.5. The highest BCUT2D eigenvalue weighted by Crippen LogP contribution is 2.40. The smallest absolute Gasteiger partial charge is 0.309 e. The Morgan fingerprint density at radius 1 is 1.04 bits per heavy atom. The summed E-state index contributed by atoms with van der Waals surface area (Å²) in [7, 11) is 0. The third kappa shape index (κ3) is 4.57. The summed E-state index contributed by atoms with van der Waals surface area (Å²) >= 11 is 1.36. The fourth-order valence-corrected chi connectivity index (χ4v) is 3.81. The molecule has 0 aliphatic heterocycles. The number of nitrogens with one attached hydrogen (secondary N) is 1. The number of benzene rings is 1. The zero-order chi connectivity index (χ0) is 19.6. The standard InChI is InChI=1S/C20H19N3O3S/c1-11-7-12(2)9-16(8-11)18-19(27-20(23-18)22-13(3)24)15-5-6-21-17(10-15)26-14(4)25/h5-10H,1-4H3,(H,22,23,24). The van der Waals surface area contributed by atoms with Gasteiger partial charge in [0.2, 0.25) is 11.8 Å². The van der Waals surface area contributed by atoms with Crippen molar-refractivity contribution in [2.24, 2.45) is 0 Å². The number of carbonyl (C=O) groups is 2. The van der Waals surface area contributed by atoms with Gasteiger partial charge < -0.3 is 10.1 Å². The van der Waals surface area contributed by atoms with Crippen molar-refractivity contribution < 1.29 is 14.3 Å². The Kier molecular flexibility index (Phi) is 5.32. The molecule has 0 radical (unpaired) electrons. The molecule has 0 atom stereocenters. The van der Waals surface area contributed by atoms with E-state index in [0.717, 1.165) is 32.8 Å². The molecule has 138 valence electrons. The third-order valence-electron chi connectivity index (χ3n) is 3.65. The van der Waals surface area contributed by atoms with Crippen LogP contribution in [-0.4, -0.2) is 21.8 Å². The molecule has 2 heterocycles. The second kappa shape index (κ2) is 7.67. The van der Waals surface area contributed by atoms with Crippen LogP contribution in [0.4, 0.5) is 5.13 Å². The summed E-state index contributed by atoms with van der Waals surface area (Å²) in [6, 6.07) is 9.72. The first-order chi connectivity index (χ1) is 12.8. The lowest BCUT2D eigenvalue weighted by atomic mass is 10.0. The Morgan fingerprint density at radius 3 is 2.37 bits per heavy atom. The molecule has 6 nitrogen and oxygen atoms in total. The van der Waals surface area contributed by atoms with E-state index in [4.69, 9.17) is 4.74 Å². The van der Waals surface area contributed by atoms with E-state index >= 15 is 0 Å². The van der Waals surface area contributed by atoms with Crippen LogP contribution in [0, 0.1) is 13.8 Å². The van der Waals surface area contributed by atoms with Crippen molar-refractivity contribution in [3.05, 3.63) is 47.7 Å². The zero-order valence-electron chi connectivity index (χ0n) is 15.5. The summed E-state index contributed by atoms with van der Waals surface area (Å²) in [6.07, 6.45) is 1.58. The van der Waals surface area contributed by atoms with E-state index in [1.807, 2.05) is 19.9 Å². The summed E-state index contributed by atoms with van der Waals surface area (Å²) in [4.78, 5) is 32.3. The first-order valence-electron chi connectivity index (χ1n) is 8.34. The summed E-state index contributed by atoms with van der Waals surface area (Å²) in [6.45, 7) is 6.84. The monoisotopic (exact) mass is 381 g/mol. The van der Waals surface area contributed by atoms with Gasteiger partial charge >= 0.3 is 5.97 Å². The first-order valence-corrected chi connectivity index (χ1v) is 9.15. The number of anilines is 1. The number of amides is 1. The van der Waals surface area contributed by atoms with E-state index in [9.17, 15) is 9.59 Å². The molecular formula is C20H19N3O3S. The molecule has 1 aromatic carbocycles. The first kappa shape index (κ1) is 18.7. The molecule has 7 heteroatoms. The van der Waals surface area contributed by atoms with E-state index in [2.05, 4.69) is 33.5 Å². The highest BCUT2D eigenvalue weighted by atomic mass is 32.1. The summed E-state index contributed by atoms with van der Waals surface area (Å²) in [5.41, 5.74) is 4.78. The molecule has 0 aliphatic carbocycles. The number of rotatable bonds is 4. The van der Waals surface area contributed by atoms with E-state index in [0.29, 0.717) is 5.13 Å². The van der Waals surface area contributed by atoms with Crippen LogP contribution in [0.25, 0.3) is 21.7 Å². The lowest BCUT2D eigenvalue weighted by molar-refractivity contribution is -0.132. The maximum Gasteiger partial charge on any atom is 0.309 e. The number of pyridine rings is 1. The number of hydrogen-bond acceptors (Lipinski definition) is 6. The van der Waals surface area contributed by atoms with Crippen LogP contribution >= 0.6 is 11.3 Å². The van der Waals surface area contributed by atoms with Crippen molar-refractivity contribution in [1.82, 2.24) is 9.97 Å². The second-order valence-corrected chi connectivity index (χ2v) is 7.23. The fourth-order valence-electron chi connectivity index (χ4n) is 2.78. The average Bonchev–Trinajstić information content (AvgIpc) is 2.96.